The van der Waals surface area contributed by atoms with Gasteiger partial charge in [-0.05, 0) is 30.2 Å². The molecule has 0 aliphatic carbocycles. The lowest BCUT2D eigenvalue weighted by Crippen LogP contribution is -2.52. The van der Waals surface area contributed by atoms with Crippen molar-refractivity contribution < 1.29 is 23.5 Å². The summed E-state index contributed by atoms with van der Waals surface area (Å²) in [5.74, 6) is -1.73. The average Bonchev–Trinajstić information content (AvgIpc) is 2.68. The van der Waals surface area contributed by atoms with Crippen molar-refractivity contribution in [1.82, 2.24) is 10.6 Å². The Morgan fingerprint density at radius 1 is 1.00 bits per heavy atom. The lowest BCUT2D eigenvalue weighted by molar-refractivity contribution is -0.128. The van der Waals surface area contributed by atoms with Gasteiger partial charge in [0.1, 0.15) is 24.5 Å². The highest BCUT2D eigenvalue weighted by Gasteiger charge is 2.24. The minimum Gasteiger partial charge on any atom is -0.445 e. The summed E-state index contributed by atoms with van der Waals surface area (Å²) in [5.41, 5.74) is 6.57. The van der Waals surface area contributed by atoms with Gasteiger partial charge in [-0.15, -0.1) is 0 Å². The fourth-order valence-corrected chi connectivity index (χ4v) is 2.36. The van der Waals surface area contributed by atoms with Crippen molar-refractivity contribution >= 4 is 17.9 Å². The Hall–Kier alpha value is -3.42. The summed E-state index contributed by atoms with van der Waals surface area (Å²) >= 11 is 0. The van der Waals surface area contributed by atoms with E-state index >= 15 is 0 Å². The largest absolute Gasteiger partial charge is 0.445 e. The molecule has 0 spiro atoms. The molecule has 148 valence electrons. The summed E-state index contributed by atoms with van der Waals surface area (Å²) in [6.07, 6.45) is -0.712. The fourth-order valence-electron chi connectivity index (χ4n) is 2.36. The smallest absolute Gasteiger partial charge is 0.408 e. The summed E-state index contributed by atoms with van der Waals surface area (Å²) in [6.45, 7) is 1.47. The molecule has 2 atom stereocenters. The number of primary amides is 1. The van der Waals surface area contributed by atoms with Crippen LogP contribution < -0.4 is 16.4 Å². The number of nitrogens with two attached hydrogens (primary N) is 1. The highest BCUT2D eigenvalue weighted by Crippen LogP contribution is 2.07. The van der Waals surface area contributed by atoms with E-state index in [1.165, 1.54) is 31.2 Å². The third-order valence-corrected chi connectivity index (χ3v) is 3.96. The molecule has 0 fully saturated rings. The van der Waals surface area contributed by atoms with Crippen LogP contribution >= 0.6 is 0 Å². The summed E-state index contributed by atoms with van der Waals surface area (Å²) in [5, 5.41) is 4.91. The van der Waals surface area contributed by atoms with E-state index in [0.29, 0.717) is 5.56 Å². The van der Waals surface area contributed by atoms with Gasteiger partial charge >= 0.3 is 6.09 Å². The van der Waals surface area contributed by atoms with Crippen LogP contribution in [-0.2, 0) is 27.4 Å². The topological polar surface area (TPSA) is 111 Å². The molecule has 0 aliphatic rings. The minimum atomic E-state index is -1.03. The Morgan fingerprint density at radius 3 is 2.25 bits per heavy atom. The molecule has 2 aromatic rings. The van der Waals surface area contributed by atoms with E-state index in [4.69, 9.17) is 10.5 Å². The zero-order valence-electron chi connectivity index (χ0n) is 15.4. The first-order chi connectivity index (χ1) is 13.3. The SMILES string of the molecule is C[C@H](NC(=O)[C@H](Cc1ccc(F)cc1)NC(=O)OCc1ccccc1)C(N)=O. The molecule has 0 bridgehead atoms. The van der Waals surface area contributed by atoms with Gasteiger partial charge in [-0.2, -0.15) is 0 Å². The maximum atomic E-state index is 13.1. The molecule has 0 heterocycles. The van der Waals surface area contributed by atoms with Gasteiger partial charge in [-0.1, -0.05) is 42.5 Å². The number of alkyl carbamates (subject to hydrolysis) is 1. The molecular formula is C20H22FN3O4. The van der Waals surface area contributed by atoms with Crippen LogP contribution in [0, 0.1) is 5.82 Å². The van der Waals surface area contributed by atoms with Crippen LogP contribution in [0.2, 0.25) is 0 Å². The number of nitrogens with one attached hydrogen (secondary N) is 2. The first-order valence-corrected chi connectivity index (χ1v) is 8.66. The lowest BCUT2D eigenvalue weighted by atomic mass is 10.0. The normalized spacial score (nSPS) is 12.5. The van der Waals surface area contributed by atoms with Crippen molar-refractivity contribution in [3.05, 3.63) is 71.5 Å². The Bertz CT molecular complexity index is 812. The molecule has 2 rings (SSSR count). The van der Waals surface area contributed by atoms with Gasteiger partial charge in [0.25, 0.3) is 0 Å². The number of benzene rings is 2. The van der Waals surface area contributed by atoms with E-state index in [-0.39, 0.29) is 13.0 Å². The summed E-state index contributed by atoms with van der Waals surface area (Å²) in [7, 11) is 0. The second-order valence-corrected chi connectivity index (χ2v) is 6.22. The molecule has 28 heavy (non-hydrogen) atoms. The minimum absolute atomic E-state index is 0.0370. The maximum absolute atomic E-state index is 13.1. The lowest BCUT2D eigenvalue weighted by Gasteiger charge is -2.20. The zero-order chi connectivity index (χ0) is 20.5. The van der Waals surface area contributed by atoms with E-state index in [1.807, 2.05) is 18.2 Å². The van der Waals surface area contributed by atoms with Crippen molar-refractivity contribution in [1.29, 1.82) is 0 Å². The quantitative estimate of drug-likeness (QED) is 0.640. The monoisotopic (exact) mass is 387 g/mol. The van der Waals surface area contributed by atoms with E-state index in [1.54, 1.807) is 12.1 Å². The average molecular weight is 387 g/mol. The fraction of sp³-hybridized carbons (Fsp3) is 0.250. The highest BCUT2D eigenvalue weighted by atomic mass is 19.1. The van der Waals surface area contributed by atoms with E-state index in [2.05, 4.69) is 10.6 Å². The zero-order valence-corrected chi connectivity index (χ0v) is 15.4. The van der Waals surface area contributed by atoms with Gasteiger partial charge in [0, 0.05) is 6.42 Å². The predicted molar refractivity (Wildman–Crippen MR) is 100 cm³/mol. The van der Waals surface area contributed by atoms with Crippen molar-refractivity contribution in [2.75, 3.05) is 0 Å². The van der Waals surface area contributed by atoms with Gasteiger partial charge in [-0.25, -0.2) is 9.18 Å². The number of amides is 3. The van der Waals surface area contributed by atoms with Crippen LogP contribution in [0.25, 0.3) is 0 Å². The number of hydrogen-bond donors (Lipinski definition) is 3. The molecule has 0 aromatic heterocycles. The van der Waals surface area contributed by atoms with Crippen LogP contribution in [0.3, 0.4) is 0 Å². The Balaban J connectivity index is 2.03. The van der Waals surface area contributed by atoms with Crippen LogP contribution in [-0.4, -0.2) is 30.0 Å². The van der Waals surface area contributed by atoms with Crippen molar-refractivity contribution in [3.8, 4) is 0 Å². The molecule has 0 aliphatic heterocycles. The third-order valence-electron chi connectivity index (χ3n) is 3.96. The maximum Gasteiger partial charge on any atom is 0.408 e. The molecule has 3 amide bonds. The summed E-state index contributed by atoms with van der Waals surface area (Å²) < 4.78 is 18.2. The molecule has 2 aromatic carbocycles. The number of halogens is 1. The van der Waals surface area contributed by atoms with Crippen LogP contribution in [0.5, 0.6) is 0 Å². The van der Waals surface area contributed by atoms with Crippen LogP contribution in [0.4, 0.5) is 9.18 Å². The van der Waals surface area contributed by atoms with Crippen LogP contribution in [0.1, 0.15) is 18.1 Å². The van der Waals surface area contributed by atoms with E-state index < -0.39 is 35.8 Å². The summed E-state index contributed by atoms with van der Waals surface area (Å²) in [4.78, 5) is 35.8. The van der Waals surface area contributed by atoms with Gasteiger partial charge in [0.05, 0.1) is 0 Å². The van der Waals surface area contributed by atoms with Crippen molar-refractivity contribution in [2.24, 2.45) is 5.73 Å². The van der Waals surface area contributed by atoms with E-state index in [0.717, 1.165) is 5.56 Å². The molecule has 8 heteroatoms. The number of ether oxygens (including phenoxy) is 1. The first kappa shape index (κ1) is 20.9. The Morgan fingerprint density at radius 2 is 1.64 bits per heavy atom. The van der Waals surface area contributed by atoms with Crippen molar-refractivity contribution in [2.45, 2.75) is 32.0 Å². The molecule has 0 radical (unpaired) electrons. The Labute approximate surface area is 162 Å². The predicted octanol–water partition coefficient (Wildman–Crippen LogP) is 1.65. The van der Waals surface area contributed by atoms with Gasteiger partial charge in [0.15, 0.2) is 0 Å². The Kier molecular flexibility index (Phi) is 7.50. The molecular weight excluding hydrogens is 365 g/mol. The molecule has 0 unspecified atom stereocenters. The number of rotatable bonds is 8. The van der Waals surface area contributed by atoms with E-state index in [9.17, 15) is 18.8 Å². The first-order valence-electron chi connectivity index (χ1n) is 8.66. The van der Waals surface area contributed by atoms with Crippen LogP contribution in [0.15, 0.2) is 54.6 Å². The second-order valence-electron chi connectivity index (χ2n) is 6.22. The van der Waals surface area contributed by atoms with Gasteiger partial charge in [-0.3, -0.25) is 9.59 Å². The second kappa shape index (κ2) is 10.1. The van der Waals surface area contributed by atoms with Gasteiger partial charge in [0.2, 0.25) is 11.8 Å². The van der Waals surface area contributed by atoms with Gasteiger partial charge < -0.3 is 21.1 Å². The molecule has 7 nitrogen and oxygen atoms in total. The third kappa shape index (κ3) is 6.71. The number of carbonyl (C=O) groups excluding carboxylic acids is 3. The summed E-state index contributed by atoms with van der Waals surface area (Å²) in [6, 6.07) is 12.6. The van der Waals surface area contributed by atoms with Crippen molar-refractivity contribution in [3.63, 3.8) is 0 Å². The molecule has 0 saturated heterocycles. The highest BCUT2D eigenvalue weighted by molar-refractivity contribution is 5.90. The number of hydrogen-bond acceptors (Lipinski definition) is 4. The molecule has 0 saturated carbocycles. The standard InChI is InChI=1S/C20H22FN3O4/c1-13(18(22)25)23-19(26)17(11-14-7-9-16(21)10-8-14)24-20(27)28-12-15-5-3-2-4-6-15/h2-10,13,17H,11-12H2,1H3,(H2,22,25)(H,23,26)(H,24,27)/t13-,17-/m0/s1. The molecule has 4 N–H and O–H groups in total. The number of carbonyl (C=O) groups is 3.